The average molecular weight is 442 g/mol. The van der Waals surface area contributed by atoms with E-state index in [2.05, 4.69) is 25.3 Å². The van der Waals surface area contributed by atoms with Gasteiger partial charge in [0, 0.05) is 28.2 Å². The zero-order valence-corrected chi connectivity index (χ0v) is 18.0. The largest absolute Gasteiger partial charge is 0.465 e. The van der Waals surface area contributed by atoms with Gasteiger partial charge >= 0.3 is 5.97 Å². The van der Waals surface area contributed by atoms with E-state index >= 15 is 0 Å². The molecule has 0 bridgehead atoms. The van der Waals surface area contributed by atoms with E-state index in [9.17, 15) is 14.4 Å². The monoisotopic (exact) mass is 442 g/mol. The Morgan fingerprint density at radius 3 is 2.58 bits per heavy atom. The van der Waals surface area contributed by atoms with Gasteiger partial charge in [0.2, 0.25) is 0 Å². The molecule has 0 atom stereocenters. The van der Waals surface area contributed by atoms with E-state index in [0.29, 0.717) is 39.5 Å². The van der Waals surface area contributed by atoms with Crippen LogP contribution in [0.5, 0.6) is 0 Å². The summed E-state index contributed by atoms with van der Waals surface area (Å²) in [6.45, 7) is 0. The number of hydrogen-bond acceptors (Lipinski definition) is 5. The highest BCUT2D eigenvalue weighted by molar-refractivity contribution is 6.35. The summed E-state index contributed by atoms with van der Waals surface area (Å²) in [4.78, 5) is 44.8. The molecule has 0 unspecified atom stereocenters. The molecule has 2 aromatic carbocycles. The summed E-state index contributed by atoms with van der Waals surface area (Å²) in [7, 11) is 1.30. The van der Waals surface area contributed by atoms with Crippen LogP contribution in [-0.2, 0) is 22.4 Å². The molecule has 166 valence electrons. The Hall–Kier alpha value is -4.20. The number of nitrogens with zero attached hydrogens (tertiary/aromatic N) is 1. The van der Waals surface area contributed by atoms with Crippen LogP contribution in [0.25, 0.3) is 11.6 Å². The number of amides is 2. The molecule has 1 aliphatic carbocycles. The maximum atomic E-state index is 12.7. The van der Waals surface area contributed by atoms with E-state index in [1.54, 1.807) is 36.4 Å². The van der Waals surface area contributed by atoms with Gasteiger partial charge in [0.05, 0.1) is 23.9 Å². The number of methoxy groups -OCH3 is 1. The van der Waals surface area contributed by atoms with Crippen LogP contribution in [-0.4, -0.2) is 34.9 Å². The summed E-state index contributed by atoms with van der Waals surface area (Å²) in [6.07, 6.45) is 5.96. The van der Waals surface area contributed by atoms with Crippen LogP contribution in [0.15, 0.2) is 42.5 Å². The molecule has 0 saturated carbocycles. The molecule has 2 heterocycles. The van der Waals surface area contributed by atoms with Gasteiger partial charge in [0.15, 0.2) is 0 Å². The molecule has 3 N–H and O–H groups in total. The van der Waals surface area contributed by atoms with Gasteiger partial charge in [-0.25, -0.2) is 9.78 Å². The summed E-state index contributed by atoms with van der Waals surface area (Å²) in [5.74, 6) is -0.330. The van der Waals surface area contributed by atoms with Gasteiger partial charge in [-0.1, -0.05) is 0 Å². The highest BCUT2D eigenvalue weighted by atomic mass is 16.5. The normalized spacial score (nSPS) is 15.5. The lowest BCUT2D eigenvalue weighted by atomic mass is 10.0. The number of ether oxygens (including phenoxy) is 1. The van der Waals surface area contributed by atoms with Crippen molar-refractivity contribution >= 4 is 40.8 Å². The SMILES string of the molecule is COC(=O)c1ccc(C(=O)Nc2ccc3c(c2)C(=Cc2nc4c([nH]2)CCCC4)C(=O)N3)cc1. The minimum Gasteiger partial charge on any atom is -0.465 e. The number of anilines is 2. The number of aryl methyl sites for hydroxylation is 2. The van der Waals surface area contributed by atoms with E-state index in [4.69, 9.17) is 0 Å². The second-order valence-electron chi connectivity index (χ2n) is 8.05. The van der Waals surface area contributed by atoms with E-state index in [-0.39, 0.29) is 11.8 Å². The first-order valence-electron chi connectivity index (χ1n) is 10.8. The Labute approximate surface area is 190 Å². The predicted molar refractivity (Wildman–Crippen MR) is 124 cm³/mol. The Balaban J connectivity index is 1.38. The second-order valence-corrected chi connectivity index (χ2v) is 8.05. The quantitative estimate of drug-likeness (QED) is 0.420. The summed E-state index contributed by atoms with van der Waals surface area (Å²) in [5.41, 5.74) is 5.42. The van der Waals surface area contributed by atoms with Crippen LogP contribution in [0, 0.1) is 0 Å². The molecule has 0 spiro atoms. The number of carbonyl (C=O) groups excluding carboxylic acids is 3. The standard InChI is InChI=1S/C25H22N4O4/c1-33-25(32)15-8-6-14(7-9-15)23(30)26-16-10-11-19-17(12-16)18(24(31)29-19)13-22-27-20-4-2-3-5-21(20)28-22/h6-13H,2-5H2,1H3,(H,26,30)(H,27,28)(H,29,31). The number of benzene rings is 2. The number of fused-ring (bicyclic) bond motifs is 2. The van der Waals surface area contributed by atoms with E-state index < -0.39 is 5.97 Å². The zero-order valence-electron chi connectivity index (χ0n) is 18.0. The Kier molecular flexibility index (Phi) is 5.26. The smallest absolute Gasteiger partial charge is 0.337 e. The van der Waals surface area contributed by atoms with Crippen LogP contribution in [0.4, 0.5) is 11.4 Å². The second kappa shape index (κ2) is 8.38. The molecule has 1 aromatic heterocycles. The van der Waals surface area contributed by atoms with Gasteiger partial charge in [-0.2, -0.15) is 0 Å². The van der Waals surface area contributed by atoms with Crippen molar-refractivity contribution in [3.8, 4) is 0 Å². The van der Waals surface area contributed by atoms with Crippen molar-refractivity contribution < 1.29 is 19.1 Å². The molecular formula is C25H22N4O4. The van der Waals surface area contributed by atoms with Crippen molar-refractivity contribution in [1.29, 1.82) is 0 Å². The maximum Gasteiger partial charge on any atom is 0.337 e. The summed E-state index contributed by atoms with van der Waals surface area (Å²) in [5, 5.41) is 5.70. The third kappa shape index (κ3) is 4.03. The Morgan fingerprint density at radius 1 is 1.06 bits per heavy atom. The van der Waals surface area contributed by atoms with Gasteiger partial charge in [0.25, 0.3) is 11.8 Å². The molecule has 1 aliphatic heterocycles. The molecule has 0 radical (unpaired) electrons. The van der Waals surface area contributed by atoms with Crippen LogP contribution in [0.2, 0.25) is 0 Å². The Morgan fingerprint density at radius 2 is 1.82 bits per heavy atom. The maximum absolute atomic E-state index is 12.7. The molecular weight excluding hydrogens is 420 g/mol. The van der Waals surface area contributed by atoms with Crippen molar-refractivity contribution in [2.24, 2.45) is 0 Å². The molecule has 8 nitrogen and oxygen atoms in total. The van der Waals surface area contributed by atoms with Gasteiger partial charge < -0.3 is 20.4 Å². The summed E-state index contributed by atoms with van der Waals surface area (Å²) >= 11 is 0. The van der Waals surface area contributed by atoms with Crippen molar-refractivity contribution in [2.75, 3.05) is 17.7 Å². The lowest BCUT2D eigenvalue weighted by molar-refractivity contribution is -0.110. The molecule has 3 aromatic rings. The molecule has 0 fully saturated rings. The first-order chi connectivity index (χ1) is 16.0. The number of H-pyrrole nitrogens is 1. The molecule has 0 saturated heterocycles. The molecule has 33 heavy (non-hydrogen) atoms. The third-order valence-corrected chi connectivity index (χ3v) is 5.88. The van der Waals surface area contributed by atoms with Crippen LogP contribution in [0.1, 0.15) is 56.3 Å². The van der Waals surface area contributed by atoms with Crippen LogP contribution in [0.3, 0.4) is 0 Å². The van der Waals surface area contributed by atoms with E-state index in [1.165, 1.54) is 19.2 Å². The molecule has 5 rings (SSSR count). The number of nitrogens with one attached hydrogen (secondary N) is 3. The number of carbonyl (C=O) groups is 3. The number of aromatic nitrogens is 2. The van der Waals surface area contributed by atoms with Gasteiger partial charge in [-0.15, -0.1) is 0 Å². The fourth-order valence-electron chi connectivity index (χ4n) is 4.17. The van der Waals surface area contributed by atoms with Crippen molar-refractivity contribution in [2.45, 2.75) is 25.7 Å². The minimum atomic E-state index is -0.463. The number of imidazole rings is 1. The lowest BCUT2D eigenvalue weighted by Gasteiger charge is -2.08. The van der Waals surface area contributed by atoms with Gasteiger partial charge in [0.1, 0.15) is 5.82 Å². The lowest BCUT2D eigenvalue weighted by Crippen LogP contribution is -2.12. The van der Waals surface area contributed by atoms with Crippen molar-refractivity contribution in [3.05, 3.63) is 76.4 Å². The number of rotatable bonds is 4. The van der Waals surface area contributed by atoms with E-state index in [0.717, 1.165) is 37.1 Å². The number of hydrogen-bond donors (Lipinski definition) is 3. The first kappa shape index (κ1) is 20.7. The number of aromatic amines is 1. The summed E-state index contributed by atoms with van der Waals surface area (Å²) in [6, 6.07) is 11.5. The fraction of sp³-hybridized carbons (Fsp3) is 0.200. The molecule has 2 amide bonds. The van der Waals surface area contributed by atoms with Gasteiger partial charge in [-0.05, 0) is 74.2 Å². The third-order valence-electron chi connectivity index (χ3n) is 5.88. The van der Waals surface area contributed by atoms with Crippen LogP contribution >= 0.6 is 0 Å². The minimum absolute atomic E-state index is 0.207. The highest BCUT2D eigenvalue weighted by Crippen LogP contribution is 2.35. The van der Waals surface area contributed by atoms with Crippen molar-refractivity contribution in [3.63, 3.8) is 0 Å². The highest BCUT2D eigenvalue weighted by Gasteiger charge is 2.25. The van der Waals surface area contributed by atoms with Crippen LogP contribution < -0.4 is 10.6 Å². The summed E-state index contributed by atoms with van der Waals surface area (Å²) < 4.78 is 4.67. The first-order valence-corrected chi connectivity index (χ1v) is 10.8. The zero-order chi connectivity index (χ0) is 22.9. The predicted octanol–water partition coefficient (Wildman–Crippen LogP) is 3.82. The molecule has 2 aliphatic rings. The Bertz CT molecular complexity index is 1280. The average Bonchev–Trinajstić information content (AvgIpc) is 3.38. The topological polar surface area (TPSA) is 113 Å². The number of esters is 1. The van der Waals surface area contributed by atoms with Gasteiger partial charge in [-0.3, -0.25) is 9.59 Å². The van der Waals surface area contributed by atoms with Crippen molar-refractivity contribution in [1.82, 2.24) is 9.97 Å². The van der Waals surface area contributed by atoms with E-state index in [1.807, 2.05) is 0 Å². The fourth-order valence-corrected chi connectivity index (χ4v) is 4.17. The molecule has 8 heteroatoms.